The normalized spacial score (nSPS) is 19.5. The molecule has 26 heavy (non-hydrogen) atoms. The van der Waals surface area contributed by atoms with Crippen molar-refractivity contribution in [2.75, 3.05) is 36.5 Å². The summed E-state index contributed by atoms with van der Waals surface area (Å²) in [5.41, 5.74) is 4.83. The number of hydrogen-bond acceptors (Lipinski definition) is 7. The second kappa shape index (κ2) is 6.79. The lowest BCUT2D eigenvalue weighted by Gasteiger charge is -2.40. The van der Waals surface area contributed by atoms with E-state index in [4.69, 9.17) is 4.74 Å². The molecule has 2 aromatic heterocycles. The second-order valence-electron chi connectivity index (χ2n) is 7.54. The number of hydrogen-bond donors (Lipinski definition) is 1. The van der Waals surface area contributed by atoms with Crippen LogP contribution in [-0.2, 0) is 30.6 Å². The number of rotatable bonds is 4. The highest BCUT2D eigenvalue weighted by molar-refractivity contribution is 5.45. The van der Waals surface area contributed by atoms with Crippen LogP contribution in [0.25, 0.3) is 0 Å². The van der Waals surface area contributed by atoms with Gasteiger partial charge < -0.3 is 15.0 Å². The summed E-state index contributed by atoms with van der Waals surface area (Å²) in [5.74, 6) is 2.48. The molecule has 2 aromatic rings. The number of nitrogens with one attached hydrogen (secondary N) is 1. The van der Waals surface area contributed by atoms with Crippen LogP contribution in [0.1, 0.15) is 35.4 Å². The minimum atomic E-state index is 0.599. The van der Waals surface area contributed by atoms with Gasteiger partial charge in [-0.15, -0.1) is 10.2 Å². The largest absolute Gasteiger partial charge is 0.376 e. The molecule has 5 rings (SSSR count). The van der Waals surface area contributed by atoms with E-state index >= 15 is 0 Å². The zero-order chi connectivity index (χ0) is 17.3. The molecule has 0 spiro atoms. The Balaban J connectivity index is 1.15. The van der Waals surface area contributed by atoms with E-state index in [1.165, 1.54) is 24.1 Å². The number of anilines is 2. The highest BCUT2D eigenvalue weighted by Crippen LogP contribution is 2.27. The van der Waals surface area contributed by atoms with E-state index in [0.29, 0.717) is 12.5 Å². The lowest BCUT2D eigenvalue weighted by atomic mass is 9.95. The molecule has 0 aromatic carbocycles. The Labute approximate surface area is 153 Å². The lowest BCUT2D eigenvalue weighted by Crippen LogP contribution is -2.50. The van der Waals surface area contributed by atoms with Crippen molar-refractivity contribution in [3.05, 3.63) is 34.6 Å². The van der Waals surface area contributed by atoms with Gasteiger partial charge in [0.15, 0.2) is 5.82 Å². The molecule has 4 heterocycles. The van der Waals surface area contributed by atoms with Gasteiger partial charge in [-0.05, 0) is 43.4 Å². The Kier molecular flexibility index (Phi) is 4.16. The molecule has 1 aliphatic carbocycles. The minimum Gasteiger partial charge on any atom is -0.376 e. The molecule has 1 fully saturated rings. The molecule has 1 saturated heterocycles. The number of aromatic nitrogens is 4. The molecular formula is C19H24N6O. The van der Waals surface area contributed by atoms with E-state index < -0.39 is 0 Å². The van der Waals surface area contributed by atoms with Gasteiger partial charge in [-0.2, -0.15) is 10.2 Å². The fourth-order valence-corrected chi connectivity index (χ4v) is 4.00. The average Bonchev–Trinajstić information content (AvgIpc) is 2.66. The number of ether oxygens (including phenoxy) is 1. The van der Waals surface area contributed by atoms with Crippen LogP contribution < -0.4 is 10.2 Å². The van der Waals surface area contributed by atoms with Crippen LogP contribution in [0.5, 0.6) is 0 Å². The van der Waals surface area contributed by atoms with E-state index in [1.807, 2.05) is 0 Å². The van der Waals surface area contributed by atoms with Gasteiger partial charge in [0.25, 0.3) is 0 Å². The van der Waals surface area contributed by atoms with Crippen LogP contribution in [0, 0.1) is 5.92 Å². The van der Waals surface area contributed by atoms with Crippen molar-refractivity contribution >= 4 is 11.6 Å². The van der Waals surface area contributed by atoms with Gasteiger partial charge in [-0.1, -0.05) is 0 Å². The predicted molar refractivity (Wildman–Crippen MR) is 98.3 cm³/mol. The topological polar surface area (TPSA) is 76.1 Å². The van der Waals surface area contributed by atoms with Gasteiger partial charge in [-0.25, -0.2) is 0 Å². The van der Waals surface area contributed by atoms with E-state index in [1.54, 1.807) is 0 Å². The Hall–Kier alpha value is -2.28. The van der Waals surface area contributed by atoms with E-state index in [0.717, 1.165) is 68.4 Å². The van der Waals surface area contributed by atoms with Gasteiger partial charge >= 0.3 is 0 Å². The van der Waals surface area contributed by atoms with Crippen LogP contribution >= 0.6 is 0 Å². The molecule has 3 aliphatic rings. The zero-order valence-electron chi connectivity index (χ0n) is 14.9. The van der Waals surface area contributed by atoms with Crippen molar-refractivity contribution in [1.82, 2.24) is 20.4 Å². The van der Waals surface area contributed by atoms with Crippen LogP contribution in [0.15, 0.2) is 12.1 Å². The number of nitrogens with zero attached hydrogens (tertiary/aromatic N) is 5. The van der Waals surface area contributed by atoms with Gasteiger partial charge in [0.05, 0.1) is 24.6 Å². The van der Waals surface area contributed by atoms with Gasteiger partial charge in [0, 0.05) is 37.5 Å². The average molecular weight is 352 g/mol. The van der Waals surface area contributed by atoms with Gasteiger partial charge in [0.1, 0.15) is 5.82 Å². The van der Waals surface area contributed by atoms with Crippen molar-refractivity contribution in [2.45, 2.75) is 38.7 Å². The van der Waals surface area contributed by atoms with E-state index in [-0.39, 0.29) is 0 Å². The van der Waals surface area contributed by atoms with Crippen LogP contribution in [0.3, 0.4) is 0 Å². The molecule has 0 radical (unpaired) electrons. The molecule has 0 amide bonds. The third kappa shape index (κ3) is 3.11. The third-order valence-corrected chi connectivity index (χ3v) is 5.61. The van der Waals surface area contributed by atoms with Crippen molar-refractivity contribution < 1.29 is 4.74 Å². The zero-order valence-corrected chi connectivity index (χ0v) is 14.9. The summed E-state index contributed by atoms with van der Waals surface area (Å²) in [6.45, 7) is 4.33. The Morgan fingerprint density at radius 2 is 1.81 bits per heavy atom. The minimum absolute atomic E-state index is 0.599. The molecule has 136 valence electrons. The standard InChI is InChI=1S/C19H24N6O/c1-2-4-16-14(3-1)8-19(24-22-16)25-10-13(11-25)9-20-18-7-15-12-26-6-5-17(15)21-23-18/h7-8,13H,1-6,9-12H2,(H,20,23). The smallest absolute Gasteiger partial charge is 0.151 e. The summed E-state index contributed by atoms with van der Waals surface area (Å²) in [7, 11) is 0. The molecule has 0 saturated carbocycles. The molecule has 0 unspecified atom stereocenters. The predicted octanol–water partition coefficient (Wildman–Crippen LogP) is 1.77. The second-order valence-corrected chi connectivity index (χ2v) is 7.54. The molecule has 1 N–H and O–H groups in total. The maximum Gasteiger partial charge on any atom is 0.151 e. The summed E-state index contributed by atoms with van der Waals surface area (Å²) >= 11 is 0. The third-order valence-electron chi connectivity index (χ3n) is 5.61. The Morgan fingerprint density at radius 3 is 2.77 bits per heavy atom. The van der Waals surface area contributed by atoms with Crippen molar-refractivity contribution in [3.8, 4) is 0 Å². The van der Waals surface area contributed by atoms with Crippen LogP contribution in [0.4, 0.5) is 11.6 Å². The monoisotopic (exact) mass is 352 g/mol. The molecular weight excluding hydrogens is 328 g/mol. The molecule has 0 bridgehead atoms. The first-order valence-corrected chi connectivity index (χ1v) is 9.63. The molecule has 0 atom stereocenters. The summed E-state index contributed by atoms with van der Waals surface area (Å²) in [6, 6.07) is 4.33. The first-order valence-electron chi connectivity index (χ1n) is 9.63. The fourth-order valence-electron chi connectivity index (χ4n) is 4.00. The van der Waals surface area contributed by atoms with Gasteiger partial charge in [0.2, 0.25) is 0 Å². The maximum atomic E-state index is 5.50. The first kappa shape index (κ1) is 15.9. The van der Waals surface area contributed by atoms with Crippen molar-refractivity contribution in [3.63, 3.8) is 0 Å². The summed E-state index contributed by atoms with van der Waals surface area (Å²) in [5, 5.41) is 20.9. The summed E-state index contributed by atoms with van der Waals surface area (Å²) < 4.78 is 5.50. The highest BCUT2D eigenvalue weighted by Gasteiger charge is 2.28. The molecule has 2 aliphatic heterocycles. The number of aryl methyl sites for hydroxylation is 2. The van der Waals surface area contributed by atoms with E-state index in [2.05, 4.69) is 42.7 Å². The Morgan fingerprint density at radius 1 is 0.962 bits per heavy atom. The first-order chi connectivity index (χ1) is 12.8. The molecule has 7 nitrogen and oxygen atoms in total. The highest BCUT2D eigenvalue weighted by atomic mass is 16.5. The van der Waals surface area contributed by atoms with Crippen molar-refractivity contribution in [1.29, 1.82) is 0 Å². The summed E-state index contributed by atoms with van der Waals surface area (Å²) in [4.78, 5) is 2.32. The lowest BCUT2D eigenvalue weighted by molar-refractivity contribution is 0.109. The van der Waals surface area contributed by atoms with Crippen LogP contribution in [-0.4, -0.2) is 46.6 Å². The Bertz CT molecular complexity index is 802. The maximum absolute atomic E-state index is 5.50. The quantitative estimate of drug-likeness (QED) is 0.898. The summed E-state index contributed by atoms with van der Waals surface area (Å²) in [6.07, 6.45) is 5.62. The van der Waals surface area contributed by atoms with E-state index in [9.17, 15) is 0 Å². The SMILES string of the molecule is c1c(NCC2CN(c3cc4c(nn3)CCCC4)C2)nnc2c1COCC2. The fraction of sp³-hybridized carbons (Fsp3) is 0.579. The molecule has 7 heteroatoms. The van der Waals surface area contributed by atoms with Crippen LogP contribution in [0.2, 0.25) is 0 Å². The van der Waals surface area contributed by atoms with Gasteiger partial charge in [-0.3, -0.25) is 0 Å². The van der Waals surface area contributed by atoms with Crippen molar-refractivity contribution in [2.24, 2.45) is 5.92 Å². The number of fused-ring (bicyclic) bond motifs is 2.